The van der Waals surface area contributed by atoms with Gasteiger partial charge in [-0.3, -0.25) is 14.4 Å². The summed E-state index contributed by atoms with van der Waals surface area (Å²) in [5.41, 5.74) is 8.84. The molecule has 41 heavy (non-hydrogen) atoms. The zero-order valence-corrected chi connectivity index (χ0v) is 24.3. The first kappa shape index (κ1) is 32.8. The fourth-order valence-electron chi connectivity index (χ4n) is 4.29. The van der Waals surface area contributed by atoms with Crippen LogP contribution in [0.4, 0.5) is 0 Å². The first-order valence-corrected chi connectivity index (χ1v) is 14.1. The molecule has 0 saturated carbocycles. The lowest BCUT2D eigenvalue weighted by molar-refractivity contribution is -0.124. The summed E-state index contributed by atoms with van der Waals surface area (Å²) in [6.07, 6.45) is 6.24. The number of carbonyl (C=O) groups is 2. The largest absolute Gasteiger partial charge is 0.486 e. The number of aromatic nitrogens is 1. The van der Waals surface area contributed by atoms with Crippen molar-refractivity contribution < 1.29 is 14.3 Å². The van der Waals surface area contributed by atoms with Gasteiger partial charge in [-0.05, 0) is 47.2 Å². The summed E-state index contributed by atoms with van der Waals surface area (Å²) in [5, 5.41) is 0. The predicted octanol–water partition coefficient (Wildman–Crippen LogP) is 6.68. The van der Waals surface area contributed by atoms with Crippen molar-refractivity contribution in [3.05, 3.63) is 136 Å². The molecule has 1 atom stereocenters. The fourth-order valence-corrected chi connectivity index (χ4v) is 4.29. The van der Waals surface area contributed by atoms with Crippen molar-refractivity contribution in [1.82, 2.24) is 4.98 Å². The molecule has 4 rings (SSSR count). The molecule has 0 spiro atoms. The summed E-state index contributed by atoms with van der Waals surface area (Å²) in [7, 11) is 0. The molecule has 0 saturated heterocycles. The number of amides is 1. The number of hydrogen-bond acceptors (Lipinski definition) is 4. The van der Waals surface area contributed by atoms with E-state index in [9.17, 15) is 9.59 Å². The topological polar surface area (TPSA) is 102 Å². The first-order chi connectivity index (χ1) is 19.9. The van der Waals surface area contributed by atoms with Crippen LogP contribution in [0.3, 0.4) is 0 Å². The minimum absolute atomic E-state index is 0.0753. The second kappa shape index (κ2) is 18.8. The van der Waals surface area contributed by atoms with Crippen molar-refractivity contribution >= 4 is 12.2 Å². The Morgan fingerprint density at radius 3 is 2.00 bits per heavy atom. The maximum absolute atomic E-state index is 11.9. The molecule has 3 aromatic carbocycles. The molecule has 3 N–H and O–H groups in total. The Bertz CT molecular complexity index is 1290. The summed E-state index contributed by atoms with van der Waals surface area (Å²) >= 11 is 0. The molecule has 0 aliphatic carbocycles. The predicted molar refractivity (Wildman–Crippen MR) is 166 cm³/mol. The SMILES string of the molecule is CCCCC(C)C(=O)COc1cccc(CC)c1.NC=O.O=c1ccc(C(c2ccccc2)c2ccccc2)c[nH]1. The Morgan fingerprint density at radius 1 is 0.878 bits per heavy atom. The zero-order valence-electron chi connectivity index (χ0n) is 24.3. The number of benzene rings is 3. The van der Waals surface area contributed by atoms with Crippen LogP contribution < -0.4 is 16.0 Å². The van der Waals surface area contributed by atoms with Gasteiger partial charge in [-0.15, -0.1) is 0 Å². The van der Waals surface area contributed by atoms with Crippen LogP contribution in [0.1, 0.15) is 68.2 Å². The molecular weight excluding hydrogens is 512 g/mol. The van der Waals surface area contributed by atoms with Gasteiger partial charge < -0.3 is 15.5 Å². The number of H-pyrrole nitrogens is 1. The normalized spacial score (nSPS) is 10.8. The summed E-state index contributed by atoms with van der Waals surface area (Å²) in [6.45, 7) is 6.43. The van der Waals surface area contributed by atoms with E-state index >= 15 is 0 Å². The Morgan fingerprint density at radius 2 is 1.49 bits per heavy atom. The van der Waals surface area contributed by atoms with Crippen molar-refractivity contribution in [2.75, 3.05) is 6.61 Å². The van der Waals surface area contributed by atoms with E-state index in [1.807, 2.05) is 67.6 Å². The number of unbranched alkanes of at least 4 members (excludes halogenated alkanes) is 1. The number of rotatable bonds is 11. The van der Waals surface area contributed by atoms with E-state index in [0.29, 0.717) is 0 Å². The minimum atomic E-state index is -0.0753. The van der Waals surface area contributed by atoms with Gasteiger partial charge >= 0.3 is 0 Å². The van der Waals surface area contributed by atoms with Gasteiger partial charge in [-0.1, -0.05) is 112 Å². The third kappa shape index (κ3) is 11.7. The number of ether oxygens (including phenoxy) is 1. The fraction of sp³-hybridized carbons (Fsp3) is 0.286. The van der Waals surface area contributed by atoms with Crippen LogP contribution in [-0.2, 0) is 16.0 Å². The Kier molecular flexibility index (Phi) is 15.0. The molecule has 1 unspecified atom stereocenters. The molecule has 6 heteroatoms. The number of hydrogen-bond donors (Lipinski definition) is 2. The second-order valence-corrected chi connectivity index (χ2v) is 9.68. The summed E-state index contributed by atoms with van der Waals surface area (Å²) in [5.74, 6) is 1.24. The van der Waals surface area contributed by atoms with Crippen LogP contribution in [0.15, 0.2) is 108 Å². The minimum Gasteiger partial charge on any atom is -0.486 e. The maximum Gasteiger partial charge on any atom is 0.247 e. The second-order valence-electron chi connectivity index (χ2n) is 9.68. The molecule has 0 aliphatic rings. The Labute approximate surface area is 243 Å². The smallest absolute Gasteiger partial charge is 0.247 e. The van der Waals surface area contributed by atoms with E-state index in [1.54, 1.807) is 12.3 Å². The van der Waals surface area contributed by atoms with Gasteiger partial charge in [0, 0.05) is 24.1 Å². The van der Waals surface area contributed by atoms with Gasteiger partial charge in [-0.2, -0.15) is 0 Å². The van der Waals surface area contributed by atoms with Crippen molar-refractivity contribution in [2.45, 2.75) is 52.4 Å². The van der Waals surface area contributed by atoms with E-state index in [-0.39, 0.29) is 36.2 Å². The van der Waals surface area contributed by atoms with E-state index in [1.165, 1.54) is 16.7 Å². The van der Waals surface area contributed by atoms with Crippen LogP contribution in [0.2, 0.25) is 0 Å². The molecule has 0 aliphatic heterocycles. The number of Topliss-reactive ketones (excluding diaryl/α,β-unsaturated/α-hetero) is 1. The standard InChI is InChI=1S/C18H15NO.C16H24O2.CH3NO/c20-17-12-11-16(13-19-17)18(14-7-3-1-4-8-14)15-9-5-2-6-10-15;1-4-6-8-13(3)16(17)12-18-15-10-7-9-14(5-2)11-15;2-1-3/h1-13,18H,(H,19,20);7,9-11,13H,4-6,8,12H2,1-3H3;1H,(H2,2,3). The average molecular weight is 555 g/mol. The van der Waals surface area contributed by atoms with Gasteiger partial charge in [0.15, 0.2) is 5.78 Å². The Balaban J connectivity index is 0.000000264. The highest BCUT2D eigenvalue weighted by Crippen LogP contribution is 2.30. The lowest BCUT2D eigenvalue weighted by Crippen LogP contribution is -2.19. The van der Waals surface area contributed by atoms with Crippen LogP contribution in [0.5, 0.6) is 5.75 Å². The quantitative estimate of drug-likeness (QED) is 0.202. The third-order valence-electron chi connectivity index (χ3n) is 6.64. The number of pyridine rings is 1. The first-order valence-electron chi connectivity index (χ1n) is 14.1. The molecule has 4 aromatic rings. The molecule has 1 aromatic heterocycles. The highest BCUT2D eigenvalue weighted by atomic mass is 16.5. The van der Waals surface area contributed by atoms with Crippen LogP contribution in [-0.4, -0.2) is 23.8 Å². The number of aromatic amines is 1. The molecule has 1 amide bonds. The Hall–Kier alpha value is -4.45. The summed E-state index contributed by atoms with van der Waals surface area (Å²) in [6, 6.07) is 32.1. The zero-order chi connectivity index (χ0) is 29.9. The average Bonchev–Trinajstić information content (AvgIpc) is 3.01. The molecular formula is C35H42N2O4. The third-order valence-corrected chi connectivity index (χ3v) is 6.64. The van der Waals surface area contributed by atoms with Gasteiger partial charge in [0.05, 0.1) is 0 Å². The highest BCUT2D eigenvalue weighted by molar-refractivity contribution is 5.82. The van der Waals surface area contributed by atoms with Crippen molar-refractivity contribution in [1.29, 1.82) is 0 Å². The molecule has 0 fully saturated rings. The lowest BCUT2D eigenvalue weighted by Gasteiger charge is -2.18. The molecule has 0 radical (unpaired) electrons. The number of primary amides is 1. The van der Waals surface area contributed by atoms with Crippen molar-refractivity contribution in [3.8, 4) is 5.75 Å². The highest BCUT2D eigenvalue weighted by Gasteiger charge is 2.16. The lowest BCUT2D eigenvalue weighted by atomic mass is 9.86. The molecule has 0 bridgehead atoms. The number of nitrogens with two attached hydrogens (primary N) is 1. The summed E-state index contributed by atoms with van der Waals surface area (Å²) in [4.78, 5) is 34.5. The molecule has 216 valence electrons. The monoisotopic (exact) mass is 554 g/mol. The number of aryl methyl sites for hydroxylation is 1. The van der Waals surface area contributed by atoms with Crippen LogP contribution >= 0.6 is 0 Å². The van der Waals surface area contributed by atoms with E-state index in [0.717, 1.165) is 37.0 Å². The number of carbonyl (C=O) groups excluding carboxylic acids is 2. The molecule has 1 heterocycles. The van der Waals surface area contributed by atoms with Gasteiger partial charge in [0.1, 0.15) is 12.4 Å². The number of ketones is 1. The van der Waals surface area contributed by atoms with Crippen LogP contribution in [0.25, 0.3) is 0 Å². The van der Waals surface area contributed by atoms with E-state index < -0.39 is 0 Å². The number of nitrogens with one attached hydrogen (secondary N) is 1. The van der Waals surface area contributed by atoms with Gasteiger partial charge in [0.2, 0.25) is 12.0 Å². The van der Waals surface area contributed by atoms with Gasteiger partial charge in [-0.25, -0.2) is 0 Å². The van der Waals surface area contributed by atoms with Crippen molar-refractivity contribution in [2.24, 2.45) is 11.7 Å². The molecule has 6 nitrogen and oxygen atoms in total. The summed E-state index contributed by atoms with van der Waals surface area (Å²) < 4.78 is 5.56. The van der Waals surface area contributed by atoms with E-state index in [4.69, 9.17) is 9.53 Å². The van der Waals surface area contributed by atoms with Crippen molar-refractivity contribution in [3.63, 3.8) is 0 Å². The van der Waals surface area contributed by atoms with Crippen LogP contribution in [0, 0.1) is 5.92 Å². The van der Waals surface area contributed by atoms with E-state index in [2.05, 4.69) is 54.9 Å². The maximum atomic E-state index is 11.9. The van der Waals surface area contributed by atoms with Gasteiger partial charge in [0.25, 0.3) is 0 Å².